The summed E-state index contributed by atoms with van der Waals surface area (Å²) in [5.41, 5.74) is 0. The average molecular weight is 286 g/mol. The molecule has 1 saturated heterocycles. The van der Waals surface area contributed by atoms with Gasteiger partial charge in [0.05, 0.1) is 23.5 Å². The second-order valence-electron chi connectivity index (χ2n) is 5.55. The Morgan fingerprint density at radius 1 is 1.21 bits per heavy atom. The molecule has 106 valence electrons. The van der Waals surface area contributed by atoms with E-state index in [4.69, 9.17) is 4.52 Å². The Labute approximate surface area is 112 Å². The smallest absolute Gasteiger partial charge is 0.232 e. The highest BCUT2D eigenvalue weighted by molar-refractivity contribution is 7.91. The van der Waals surface area contributed by atoms with Crippen LogP contribution in [0.5, 0.6) is 0 Å². The van der Waals surface area contributed by atoms with Crippen molar-refractivity contribution in [1.29, 1.82) is 0 Å². The fourth-order valence-corrected chi connectivity index (χ4v) is 4.70. The molecule has 19 heavy (non-hydrogen) atoms. The van der Waals surface area contributed by atoms with E-state index >= 15 is 0 Å². The van der Waals surface area contributed by atoms with E-state index in [2.05, 4.69) is 10.1 Å². The Morgan fingerprint density at radius 3 is 2.68 bits per heavy atom. The molecule has 1 saturated carbocycles. The monoisotopic (exact) mass is 286 g/mol. The van der Waals surface area contributed by atoms with Crippen molar-refractivity contribution in [3.63, 3.8) is 0 Å². The van der Waals surface area contributed by atoms with E-state index in [1.165, 1.54) is 0 Å². The highest BCUT2D eigenvalue weighted by atomic mass is 32.2. The Morgan fingerprint density at radius 2 is 2.00 bits per heavy atom. The van der Waals surface area contributed by atoms with Gasteiger partial charge in [-0.15, -0.1) is 0 Å². The van der Waals surface area contributed by atoms with E-state index in [1.807, 2.05) is 0 Å². The van der Waals surface area contributed by atoms with Crippen molar-refractivity contribution in [2.24, 2.45) is 0 Å². The maximum Gasteiger partial charge on any atom is 0.232 e. The highest BCUT2D eigenvalue weighted by Gasteiger charge is 2.34. The van der Waals surface area contributed by atoms with Gasteiger partial charge in [0.2, 0.25) is 5.89 Å². The zero-order valence-electron chi connectivity index (χ0n) is 10.7. The summed E-state index contributed by atoms with van der Waals surface area (Å²) in [6.45, 7) is 0. The molecule has 2 fully saturated rings. The van der Waals surface area contributed by atoms with E-state index in [-0.39, 0.29) is 23.3 Å². The van der Waals surface area contributed by atoms with Crippen LogP contribution in [0.4, 0.5) is 0 Å². The maximum atomic E-state index is 11.4. The summed E-state index contributed by atoms with van der Waals surface area (Å²) in [4.78, 5) is 4.33. The minimum atomic E-state index is -2.94. The predicted molar refractivity (Wildman–Crippen MR) is 67.5 cm³/mol. The first-order chi connectivity index (χ1) is 9.05. The van der Waals surface area contributed by atoms with Gasteiger partial charge < -0.3 is 9.63 Å². The molecule has 2 aliphatic rings. The molecule has 1 aliphatic heterocycles. The third kappa shape index (κ3) is 2.67. The van der Waals surface area contributed by atoms with Gasteiger partial charge in [0, 0.05) is 5.92 Å². The maximum absolute atomic E-state index is 11.4. The van der Waals surface area contributed by atoms with Crippen molar-refractivity contribution >= 4 is 9.84 Å². The van der Waals surface area contributed by atoms with Crippen LogP contribution < -0.4 is 0 Å². The summed E-state index contributed by atoms with van der Waals surface area (Å²) < 4.78 is 28.1. The van der Waals surface area contributed by atoms with Gasteiger partial charge in [-0.3, -0.25) is 0 Å². The van der Waals surface area contributed by atoms with Crippen molar-refractivity contribution in [2.45, 2.75) is 50.0 Å². The number of aliphatic hydroxyl groups excluding tert-OH is 1. The lowest BCUT2D eigenvalue weighted by Gasteiger charge is -2.24. The molecule has 0 aromatic carbocycles. The average Bonchev–Trinajstić information content (AvgIpc) is 2.96. The zero-order chi connectivity index (χ0) is 13.5. The van der Waals surface area contributed by atoms with E-state index in [0.717, 1.165) is 25.7 Å². The zero-order valence-corrected chi connectivity index (χ0v) is 11.5. The van der Waals surface area contributed by atoms with Crippen LogP contribution in [-0.4, -0.2) is 41.3 Å². The van der Waals surface area contributed by atoms with Gasteiger partial charge in [-0.05, 0) is 19.3 Å². The van der Waals surface area contributed by atoms with Crippen molar-refractivity contribution in [1.82, 2.24) is 10.1 Å². The lowest BCUT2D eigenvalue weighted by molar-refractivity contribution is 0.0908. The molecule has 1 N–H and O–H groups in total. The first-order valence-corrected chi connectivity index (χ1v) is 8.59. The molecule has 3 atom stereocenters. The topological polar surface area (TPSA) is 93.3 Å². The Kier molecular flexibility index (Phi) is 3.34. The molecular formula is C12H18N2O4S. The minimum absolute atomic E-state index is 0.0898. The Bertz CT molecular complexity index is 554. The van der Waals surface area contributed by atoms with E-state index in [0.29, 0.717) is 18.1 Å². The van der Waals surface area contributed by atoms with Crippen LogP contribution in [0.3, 0.4) is 0 Å². The van der Waals surface area contributed by atoms with Crippen molar-refractivity contribution in [3.8, 4) is 0 Å². The number of rotatable bonds is 2. The molecule has 0 amide bonds. The van der Waals surface area contributed by atoms with Crippen LogP contribution in [0.25, 0.3) is 0 Å². The lowest BCUT2D eigenvalue weighted by atomic mass is 9.86. The van der Waals surface area contributed by atoms with Gasteiger partial charge in [0.1, 0.15) is 0 Å². The summed E-state index contributed by atoms with van der Waals surface area (Å²) in [6, 6.07) is 0. The SMILES string of the molecule is O=S1(=O)CCC(c2noc(C3CCCCC3O)n2)C1. The van der Waals surface area contributed by atoms with Gasteiger partial charge in [-0.1, -0.05) is 18.0 Å². The molecule has 0 spiro atoms. The van der Waals surface area contributed by atoms with Gasteiger partial charge >= 0.3 is 0 Å². The van der Waals surface area contributed by atoms with E-state index < -0.39 is 15.9 Å². The van der Waals surface area contributed by atoms with Gasteiger partial charge in [-0.2, -0.15) is 4.98 Å². The summed E-state index contributed by atoms with van der Waals surface area (Å²) >= 11 is 0. The molecule has 3 unspecified atom stereocenters. The molecule has 0 radical (unpaired) electrons. The van der Waals surface area contributed by atoms with E-state index in [1.54, 1.807) is 0 Å². The van der Waals surface area contributed by atoms with Crippen molar-refractivity contribution < 1.29 is 18.0 Å². The first-order valence-electron chi connectivity index (χ1n) is 6.77. The number of aliphatic hydroxyl groups is 1. The Balaban J connectivity index is 1.76. The summed E-state index contributed by atoms with van der Waals surface area (Å²) in [5, 5.41) is 13.9. The predicted octanol–water partition coefficient (Wildman–Crippen LogP) is 0.990. The fraction of sp³-hybridized carbons (Fsp3) is 0.833. The number of hydrogen-bond donors (Lipinski definition) is 1. The van der Waals surface area contributed by atoms with Gasteiger partial charge in [0.15, 0.2) is 15.7 Å². The molecule has 1 aliphatic carbocycles. The van der Waals surface area contributed by atoms with Gasteiger partial charge in [0.25, 0.3) is 0 Å². The van der Waals surface area contributed by atoms with E-state index in [9.17, 15) is 13.5 Å². The van der Waals surface area contributed by atoms with Crippen LogP contribution in [0.2, 0.25) is 0 Å². The minimum Gasteiger partial charge on any atom is -0.392 e. The van der Waals surface area contributed by atoms with Crippen molar-refractivity contribution in [3.05, 3.63) is 11.7 Å². The normalized spacial score (nSPS) is 34.5. The quantitative estimate of drug-likeness (QED) is 0.871. The second kappa shape index (κ2) is 4.86. The van der Waals surface area contributed by atoms with Crippen LogP contribution in [-0.2, 0) is 9.84 Å². The molecule has 1 aromatic heterocycles. The molecule has 0 bridgehead atoms. The largest absolute Gasteiger partial charge is 0.392 e. The molecule has 1 aromatic rings. The summed E-state index contributed by atoms with van der Waals surface area (Å²) in [6.07, 6.45) is 3.84. The van der Waals surface area contributed by atoms with Crippen LogP contribution in [0.15, 0.2) is 4.52 Å². The molecule has 2 heterocycles. The lowest BCUT2D eigenvalue weighted by Crippen LogP contribution is -2.22. The third-order valence-corrected chi connectivity index (χ3v) is 5.87. The fourth-order valence-electron chi connectivity index (χ4n) is 2.96. The Hall–Kier alpha value is -0.950. The molecule has 6 nitrogen and oxygen atoms in total. The van der Waals surface area contributed by atoms with Crippen LogP contribution >= 0.6 is 0 Å². The molecule has 7 heteroatoms. The van der Waals surface area contributed by atoms with Crippen LogP contribution in [0, 0.1) is 0 Å². The molecule has 3 rings (SSSR count). The van der Waals surface area contributed by atoms with Crippen molar-refractivity contribution in [2.75, 3.05) is 11.5 Å². The number of nitrogens with zero attached hydrogens (tertiary/aromatic N) is 2. The number of aromatic nitrogens is 2. The second-order valence-corrected chi connectivity index (χ2v) is 7.78. The molecular weight excluding hydrogens is 268 g/mol. The number of sulfone groups is 1. The highest BCUT2D eigenvalue weighted by Crippen LogP contribution is 2.34. The summed E-state index contributed by atoms with van der Waals surface area (Å²) in [5.74, 6) is 1.02. The first kappa shape index (κ1) is 13.1. The third-order valence-electron chi connectivity index (χ3n) is 4.10. The van der Waals surface area contributed by atoms with Gasteiger partial charge in [-0.25, -0.2) is 8.42 Å². The van der Waals surface area contributed by atoms with Crippen LogP contribution in [0.1, 0.15) is 55.7 Å². The summed E-state index contributed by atoms with van der Waals surface area (Å²) in [7, 11) is -2.94. The standard InChI is InChI=1S/C12H18N2O4S/c15-10-4-2-1-3-9(10)12-13-11(14-18-12)8-5-6-19(16,17)7-8/h8-10,15H,1-7H2. The number of hydrogen-bond acceptors (Lipinski definition) is 6.